The Morgan fingerprint density at radius 3 is 2.39 bits per heavy atom. The van der Waals surface area contributed by atoms with Crippen LogP contribution >= 0.6 is 0 Å². The van der Waals surface area contributed by atoms with Crippen LogP contribution in [-0.4, -0.2) is 23.0 Å². The molecule has 0 unspecified atom stereocenters. The van der Waals surface area contributed by atoms with Crippen LogP contribution in [-0.2, 0) is 0 Å². The third-order valence-electron chi connectivity index (χ3n) is 3.80. The molecule has 28 heavy (non-hydrogen) atoms. The van der Waals surface area contributed by atoms with Crippen molar-refractivity contribution in [2.24, 2.45) is 0 Å². The lowest BCUT2D eigenvalue weighted by molar-refractivity contribution is 0.102. The summed E-state index contributed by atoms with van der Waals surface area (Å²) in [4.78, 5) is 20.2. The van der Waals surface area contributed by atoms with Crippen molar-refractivity contribution >= 4 is 23.2 Å². The number of nitrogens with zero attached hydrogens (tertiary/aromatic N) is 2. The molecule has 3 aromatic rings. The monoisotopic (exact) mass is 388 g/mol. The van der Waals surface area contributed by atoms with E-state index in [0.29, 0.717) is 11.4 Å². The first-order chi connectivity index (χ1) is 13.4. The van der Waals surface area contributed by atoms with E-state index in [0.717, 1.165) is 17.7 Å². The van der Waals surface area contributed by atoms with Crippen LogP contribution in [0.4, 0.5) is 30.5 Å². The van der Waals surface area contributed by atoms with Gasteiger partial charge in [-0.3, -0.25) is 4.79 Å². The minimum Gasteiger partial charge on any atom is -0.495 e. The Labute approximate surface area is 158 Å². The van der Waals surface area contributed by atoms with Gasteiger partial charge in [-0.25, -0.2) is 23.1 Å². The van der Waals surface area contributed by atoms with E-state index < -0.39 is 23.4 Å². The quantitative estimate of drug-likeness (QED) is 0.641. The lowest BCUT2D eigenvalue weighted by atomic mass is 10.2. The number of amides is 1. The number of carbonyl (C=O) groups excluding carboxylic acids is 1. The smallest absolute Gasteiger partial charge is 0.258 e. The molecule has 0 fully saturated rings. The van der Waals surface area contributed by atoms with Gasteiger partial charge in [-0.15, -0.1) is 0 Å². The van der Waals surface area contributed by atoms with Crippen molar-refractivity contribution in [2.75, 3.05) is 17.7 Å². The number of rotatable bonds is 5. The molecule has 3 rings (SSSR count). The van der Waals surface area contributed by atoms with Gasteiger partial charge in [-0.1, -0.05) is 6.07 Å². The second-order valence-corrected chi connectivity index (χ2v) is 5.80. The van der Waals surface area contributed by atoms with Crippen molar-refractivity contribution in [3.05, 3.63) is 71.3 Å². The van der Waals surface area contributed by atoms with Gasteiger partial charge in [-0.2, -0.15) is 0 Å². The molecule has 0 atom stereocenters. The predicted octanol–water partition coefficient (Wildman–Crippen LogP) is 4.21. The summed E-state index contributed by atoms with van der Waals surface area (Å²) in [5, 5.41) is 5.12. The molecule has 0 saturated carbocycles. The van der Waals surface area contributed by atoms with E-state index in [-0.39, 0.29) is 17.2 Å². The van der Waals surface area contributed by atoms with E-state index in [1.807, 2.05) is 13.0 Å². The first-order valence-corrected chi connectivity index (χ1v) is 8.07. The van der Waals surface area contributed by atoms with Gasteiger partial charge in [0.05, 0.1) is 24.0 Å². The molecule has 0 spiro atoms. The molecule has 0 saturated heterocycles. The van der Waals surface area contributed by atoms with Crippen LogP contribution in [0.25, 0.3) is 0 Å². The molecule has 6 nitrogen and oxygen atoms in total. The second-order valence-electron chi connectivity index (χ2n) is 5.80. The molecule has 1 aromatic heterocycles. The van der Waals surface area contributed by atoms with Crippen LogP contribution in [0.5, 0.6) is 5.75 Å². The van der Waals surface area contributed by atoms with Crippen LogP contribution in [0.15, 0.2) is 42.7 Å². The normalized spacial score (nSPS) is 10.5. The third-order valence-corrected chi connectivity index (χ3v) is 3.80. The molecule has 2 N–H and O–H groups in total. The van der Waals surface area contributed by atoms with Crippen molar-refractivity contribution in [2.45, 2.75) is 6.92 Å². The van der Waals surface area contributed by atoms with Gasteiger partial charge in [0.15, 0.2) is 17.5 Å². The number of carbonyl (C=O) groups is 1. The zero-order chi connectivity index (χ0) is 20.3. The Morgan fingerprint density at radius 2 is 1.71 bits per heavy atom. The van der Waals surface area contributed by atoms with E-state index in [1.54, 1.807) is 12.1 Å². The van der Waals surface area contributed by atoms with E-state index in [4.69, 9.17) is 4.74 Å². The Kier molecular flexibility index (Phi) is 5.44. The molecule has 0 radical (unpaired) electrons. The zero-order valence-corrected chi connectivity index (χ0v) is 14.9. The summed E-state index contributed by atoms with van der Waals surface area (Å²) in [6, 6.07) is 7.11. The van der Waals surface area contributed by atoms with E-state index in [2.05, 4.69) is 20.6 Å². The number of ether oxygens (including phenoxy) is 1. The molecule has 0 aliphatic carbocycles. The number of benzene rings is 2. The highest BCUT2D eigenvalue weighted by atomic mass is 19.2. The van der Waals surface area contributed by atoms with Crippen molar-refractivity contribution in [1.82, 2.24) is 9.97 Å². The van der Waals surface area contributed by atoms with E-state index >= 15 is 0 Å². The minimum atomic E-state index is -1.60. The van der Waals surface area contributed by atoms with Crippen molar-refractivity contribution in [3.8, 4) is 5.75 Å². The highest BCUT2D eigenvalue weighted by Gasteiger charge is 2.15. The molecular formula is C19H15F3N4O2. The summed E-state index contributed by atoms with van der Waals surface area (Å²) < 4.78 is 45.1. The van der Waals surface area contributed by atoms with Crippen LogP contribution in [0.1, 0.15) is 15.9 Å². The maximum atomic E-state index is 13.7. The van der Waals surface area contributed by atoms with E-state index in [1.165, 1.54) is 19.5 Å². The molecule has 1 heterocycles. The fourth-order valence-corrected chi connectivity index (χ4v) is 2.37. The Balaban J connectivity index is 1.75. The minimum absolute atomic E-state index is 0.0883. The number of nitrogens with one attached hydrogen (secondary N) is 2. The number of hydrogen-bond acceptors (Lipinski definition) is 5. The van der Waals surface area contributed by atoms with E-state index in [9.17, 15) is 18.0 Å². The lowest BCUT2D eigenvalue weighted by Crippen LogP contribution is -2.14. The Bertz CT molecular complexity index is 1030. The highest BCUT2D eigenvalue weighted by molar-refractivity contribution is 6.04. The Hall–Kier alpha value is -3.62. The molecule has 0 aliphatic heterocycles. The topological polar surface area (TPSA) is 76.1 Å². The predicted molar refractivity (Wildman–Crippen MR) is 97.3 cm³/mol. The summed E-state index contributed by atoms with van der Waals surface area (Å²) in [7, 11) is 1.49. The maximum absolute atomic E-state index is 13.7. The molecule has 0 aliphatic rings. The summed E-state index contributed by atoms with van der Waals surface area (Å²) in [6.45, 7) is 1.87. The fourth-order valence-electron chi connectivity index (χ4n) is 2.37. The van der Waals surface area contributed by atoms with Gasteiger partial charge in [0.1, 0.15) is 5.75 Å². The van der Waals surface area contributed by atoms with Gasteiger partial charge in [-0.05, 0) is 36.8 Å². The summed E-state index contributed by atoms with van der Waals surface area (Å²) in [5.74, 6) is -4.37. The van der Waals surface area contributed by atoms with Gasteiger partial charge >= 0.3 is 0 Å². The standard InChI is InChI=1S/C19H15F3N4O2/c1-10-3-6-15(28-2)14(7-10)25-18(27)11-8-23-19(24-9-11)26-13-5-4-12(20)16(21)17(13)22/h3-9H,1-2H3,(H,25,27)(H,23,24,26). The zero-order valence-electron chi connectivity index (χ0n) is 14.9. The summed E-state index contributed by atoms with van der Waals surface area (Å²) in [5.41, 5.74) is 1.22. The molecule has 144 valence electrons. The highest BCUT2D eigenvalue weighted by Crippen LogP contribution is 2.26. The van der Waals surface area contributed by atoms with Gasteiger partial charge < -0.3 is 15.4 Å². The number of halogens is 3. The number of aryl methyl sites for hydroxylation is 1. The maximum Gasteiger partial charge on any atom is 0.258 e. The van der Waals surface area contributed by atoms with Crippen LogP contribution in [0.3, 0.4) is 0 Å². The Morgan fingerprint density at radius 1 is 1.00 bits per heavy atom. The first-order valence-electron chi connectivity index (χ1n) is 8.07. The van der Waals surface area contributed by atoms with Gasteiger partial charge in [0.25, 0.3) is 5.91 Å². The largest absolute Gasteiger partial charge is 0.495 e. The average Bonchev–Trinajstić information content (AvgIpc) is 2.69. The fraction of sp³-hybridized carbons (Fsp3) is 0.105. The first kappa shape index (κ1) is 19.2. The van der Waals surface area contributed by atoms with Crippen molar-refractivity contribution < 1.29 is 22.7 Å². The second kappa shape index (κ2) is 7.95. The summed E-state index contributed by atoms with van der Waals surface area (Å²) >= 11 is 0. The molecule has 0 bridgehead atoms. The van der Waals surface area contributed by atoms with Crippen molar-refractivity contribution in [3.63, 3.8) is 0 Å². The molecule has 9 heteroatoms. The van der Waals surface area contributed by atoms with Crippen LogP contribution < -0.4 is 15.4 Å². The number of methoxy groups -OCH3 is 1. The number of aromatic nitrogens is 2. The molecule has 2 aromatic carbocycles. The average molecular weight is 388 g/mol. The van der Waals surface area contributed by atoms with Crippen LogP contribution in [0.2, 0.25) is 0 Å². The van der Waals surface area contributed by atoms with Gasteiger partial charge in [0.2, 0.25) is 5.95 Å². The third kappa shape index (κ3) is 4.03. The number of anilines is 3. The molecule has 1 amide bonds. The van der Waals surface area contributed by atoms with Crippen molar-refractivity contribution in [1.29, 1.82) is 0 Å². The molecular weight excluding hydrogens is 373 g/mol. The van der Waals surface area contributed by atoms with Gasteiger partial charge in [0, 0.05) is 12.4 Å². The lowest BCUT2D eigenvalue weighted by Gasteiger charge is -2.11. The number of hydrogen-bond donors (Lipinski definition) is 2. The SMILES string of the molecule is COc1ccc(C)cc1NC(=O)c1cnc(Nc2ccc(F)c(F)c2F)nc1. The summed E-state index contributed by atoms with van der Waals surface area (Å²) in [6.07, 6.45) is 2.43. The van der Waals surface area contributed by atoms with Crippen LogP contribution in [0, 0.1) is 24.4 Å².